The van der Waals surface area contributed by atoms with Gasteiger partial charge in [0.2, 0.25) is 0 Å². The lowest BCUT2D eigenvalue weighted by atomic mass is 10.3. The third-order valence-corrected chi connectivity index (χ3v) is 2.07. The van der Waals surface area contributed by atoms with Gasteiger partial charge in [-0.2, -0.15) is 5.10 Å². The van der Waals surface area contributed by atoms with Gasteiger partial charge in [0.25, 0.3) is 0 Å². The van der Waals surface area contributed by atoms with Gasteiger partial charge >= 0.3 is 0 Å². The van der Waals surface area contributed by atoms with Gasteiger partial charge in [-0.05, 0) is 25.5 Å². The normalized spacial score (nSPS) is 10.2. The second-order valence-corrected chi connectivity index (χ2v) is 3.12. The van der Waals surface area contributed by atoms with Crippen LogP contribution in [0.25, 0.3) is 0 Å². The molecule has 0 fully saturated rings. The van der Waals surface area contributed by atoms with E-state index >= 15 is 0 Å². The first-order valence-electron chi connectivity index (χ1n) is 5.00. The Morgan fingerprint density at radius 2 is 2.07 bits per heavy atom. The van der Waals surface area contributed by atoms with Gasteiger partial charge in [0.1, 0.15) is 0 Å². The SMILES string of the molecule is CCCN(CC)c1ccc(CO)nn1. The van der Waals surface area contributed by atoms with Crippen LogP contribution in [0.1, 0.15) is 26.0 Å². The summed E-state index contributed by atoms with van der Waals surface area (Å²) in [5.74, 6) is 0.881. The van der Waals surface area contributed by atoms with Gasteiger partial charge in [-0.15, -0.1) is 5.10 Å². The number of anilines is 1. The minimum absolute atomic E-state index is 0.0484. The molecule has 1 aromatic rings. The van der Waals surface area contributed by atoms with Crippen LogP contribution in [0.2, 0.25) is 0 Å². The standard InChI is InChI=1S/C10H17N3O/c1-3-7-13(4-2)10-6-5-9(8-14)11-12-10/h5-6,14H,3-4,7-8H2,1-2H3. The summed E-state index contributed by atoms with van der Waals surface area (Å²) in [5.41, 5.74) is 0.612. The first-order chi connectivity index (χ1) is 6.81. The summed E-state index contributed by atoms with van der Waals surface area (Å²) >= 11 is 0. The van der Waals surface area contributed by atoms with E-state index < -0.39 is 0 Å². The number of aliphatic hydroxyl groups is 1. The summed E-state index contributed by atoms with van der Waals surface area (Å²) in [6.45, 7) is 6.10. The second-order valence-electron chi connectivity index (χ2n) is 3.12. The molecule has 78 valence electrons. The van der Waals surface area contributed by atoms with Crippen molar-refractivity contribution in [2.75, 3.05) is 18.0 Å². The molecule has 0 atom stereocenters. The number of aliphatic hydroxyl groups excluding tert-OH is 1. The van der Waals surface area contributed by atoms with E-state index in [-0.39, 0.29) is 6.61 Å². The lowest BCUT2D eigenvalue weighted by Crippen LogP contribution is -2.24. The Kier molecular flexibility index (Phi) is 4.32. The molecule has 0 aliphatic rings. The molecule has 4 nitrogen and oxygen atoms in total. The number of hydrogen-bond acceptors (Lipinski definition) is 4. The first kappa shape index (κ1) is 10.9. The molecule has 1 N–H and O–H groups in total. The lowest BCUT2D eigenvalue weighted by molar-refractivity contribution is 0.275. The molecule has 0 amide bonds. The van der Waals surface area contributed by atoms with Gasteiger partial charge in [0.05, 0.1) is 12.3 Å². The van der Waals surface area contributed by atoms with Crippen LogP contribution in [-0.2, 0) is 6.61 Å². The van der Waals surface area contributed by atoms with Crippen LogP contribution in [0.15, 0.2) is 12.1 Å². The minimum atomic E-state index is -0.0484. The fourth-order valence-electron chi connectivity index (χ4n) is 1.31. The van der Waals surface area contributed by atoms with E-state index in [2.05, 4.69) is 28.9 Å². The summed E-state index contributed by atoms with van der Waals surface area (Å²) in [5, 5.41) is 16.8. The van der Waals surface area contributed by atoms with Crippen molar-refractivity contribution in [3.8, 4) is 0 Å². The molecule has 4 heteroatoms. The monoisotopic (exact) mass is 195 g/mol. The Labute approximate surface area is 84.6 Å². The maximum atomic E-state index is 8.81. The van der Waals surface area contributed by atoms with Crippen molar-refractivity contribution >= 4 is 5.82 Å². The third kappa shape index (κ3) is 2.67. The van der Waals surface area contributed by atoms with Gasteiger partial charge in [0, 0.05) is 13.1 Å². The summed E-state index contributed by atoms with van der Waals surface area (Å²) in [6.07, 6.45) is 1.09. The zero-order chi connectivity index (χ0) is 10.4. The molecule has 1 rings (SSSR count). The fourth-order valence-corrected chi connectivity index (χ4v) is 1.31. The van der Waals surface area contributed by atoms with Gasteiger partial charge in [-0.25, -0.2) is 0 Å². The Hall–Kier alpha value is -1.16. The van der Waals surface area contributed by atoms with Crippen molar-refractivity contribution in [2.45, 2.75) is 26.9 Å². The van der Waals surface area contributed by atoms with Crippen LogP contribution >= 0.6 is 0 Å². The minimum Gasteiger partial charge on any atom is -0.390 e. The Balaban J connectivity index is 2.73. The van der Waals surface area contributed by atoms with Crippen molar-refractivity contribution in [1.29, 1.82) is 0 Å². The van der Waals surface area contributed by atoms with Crippen molar-refractivity contribution < 1.29 is 5.11 Å². The molecular formula is C10H17N3O. The van der Waals surface area contributed by atoms with Gasteiger partial charge in [-0.3, -0.25) is 0 Å². The van der Waals surface area contributed by atoms with Crippen LogP contribution in [-0.4, -0.2) is 28.4 Å². The van der Waals surface area contributed by atoms with E-state index in [4.69, 9.17) is 5.11 Å². The van der Waals surface area contributed by atoms with Crippen molar-refractivity contribution in [3.05, 3.63) is 17.8 Å². The Morgan fingerprint density at radius 1 is 1.29 bits per heavy atom. The molecule has 0 aliphatic carbocycles. The molecule has 0 radical (unpaired) electrons. The predicted molar refractivity (Wildman–Crippen MR) is 56.1 cm³/mol. The smallest absolute Gasteiger partial charge is 0.151 e. The Bertz CT molecular complexity index is 261. The molecule has 1 heterocycles. The molecular weight excluding hydrogens is 178 g/mol. The first-order valence-corrected chi connectivity index (χ1v) is 5.00. The topological polar surface area (TPSA) is 49.2 Å². The van der Waals surface area contributed by atoms with E-state index in [1.165, 1.54) is 0 Å². The maximum Gasteiger partial charge on any atom is 0.151 e. The molecule has 0 bridgehead atoms. The van der Waals surface area contributed by atoms with Crippen molar-refractivity contribution in [3.63, 3.8) is 0 Å². The molecule has 14 heavy (non-hydrogen) atoms. The average molecular weight is 195 g/mol. The van der Waals surface area contributed by atoms with E-state index in [0.29, 0.717) is 5.69 Å². The number of aromatic nitrogens is 2. The summed E-state index contributed by atoms with van der Waals surface area (Å²) in [7, 11) is 0. The van der Waals surface area contributed by atoms with Crippen molar-refractivity contribution in [2.24, 2.45) is 0 Å². The zero-order valence-corrected chi connectivity index (χ0v) is 8.77. The zero-order valence-electron chi connectivity index (χ0n) is 8.77. The van der Waals surface area contributed by atoms with Crippen LogP contribution in [0, 0.1) is 0 Å². The third-order valence-electron chi connectivity index (χ3n) is 2.07. The highest BCUT2D eigenvalue weighted by atomic mass is 16.3. The highest BCUT2D eigenvalue weighted by Gasteiger charge is 2.04. The average Bonchev–Trinajstić information content (AvgIpc) is 2.26. The van der Waals surface area contributed by atoms with Crippen LogP contribution in [0.4, 0.5) is 5.82 Å². The van der Waals surface area contributed by atoms with E-state index in [0.717, 1.165) is 25.3 Å². The summed E-state index contributed by atoms with van der Waals surface area (Å²) < 4.78 is 0. The van der Waals surface area contributed by atoms with Gasteiger partial charge < -0.3 is 10.0 Å². The lowest BCUT2D eigenvalue weighted by Gasteiger charge is -2.20. The maximum absolute atomic E-state index is 8.81. The molecule has 0 spiro atoms. The fraction of sp³-hybridized carbons (Fsp3) is 0.600. The summed E-state index contributed by atoms with van der Waals surface area (Å²) in [6, 6.07) is 3.71. The second kappa shape index (κ2) is 5.54. The van der Waals surface area contributed by atoms with Gasteiger partial charge in [0.15, 0.2) is 5.82 Å². The largest absolute Gasteiger partial charge is 0.390 e. The van der Waals surface area contributed by atoms with Crippen LogP contribution in [0.5, 0.6) is 0 Å². The number of hydrogen-bond donors (Lipinski definition) is 1. The predicted octanol–water partition coefficient (Wildman–Crippen LogP) is 1.21. The summed E-state index contributed by atoms with van der Waals surface area (Å²) in [4.78, 5) is 2.16. The molecule has 0 aromatic carbocycles. The molecule has 0 aliphatic heterocycles. The quantitative estimate of drug-likeness (QED) is 0.767. The van der Waals surface area contributed by atoms with E-state index in [9.17, 15) is 0 Å². The van der Waals surface area contributed by atoms with E-state index in [1.807, 2.05) is 6.07 Å². The highest BCUT2D eigenvalue weighted by molar-refractivity contribution is 5.36. The molecule has 0 unspecified atom stereocenters. The Morgan fingerprint density at radius 3 is 2.50 bits per heavy atom. The number of nitrogens with zero attached hydrogens (tertiary/aromatic N) is 3. The molecule has 0 saturated carbocycles. The van der Waals surface area contributed by atoms with Crippen LogP contribution < -0.4 is 4.90 Å². The molecule has 0 saturated heterocycles. The molecule has 1 aromatic heterocycles. The van der Waals surface area contributed by atoms with Crippen LogP contribution in [0.3, 0.4) is 0 Å². The number of rotatable bonds is 5. The highest BCUT2D eigenvalue weighted by Crippen LogP contribution is 2.09. The van der Waals surface area contributed by atoms with Gasteiger partial charge in [-0.1, -0.05) is 6.92 Å². The van der Waals surface area contributed by atoms with Crippen molar-refractivity contribution in [1.82, 2.24) is 10.2 Å². The van der Waals surface area contributed by atoms with E-state index in [1.54, 1.807) is 6.07 Å².